The second-order valence-corrected chi connectivity index (χ2v) is 7.14. The molecule has 1 fully saturated rings. The molecule has 0 unspecified atom stereocenters. The van der Waals surface area contributed by atoms with Crippen LogP contribution < -0.4 is 11.2 Å². The topological polar surface area (TPSA) is 109 Å². The lowest BCUT2D eigenvalue weighted by atomic mass is 10.2. The number of hydrogen-bond donors (Lipinski definition) is 2. The van der Waals surface area contributed by atoms with Gasteiger partial charge in [-0.25, -0.2) is 9.80 Å². The number of nitrogen functional groups attached to an aromatic ring is 1. The van der Waals surface area contributed by atoms with Gasteiger partial charge in [-0.3, -0.25) is 19.9 Å². The first-order valence-corrected chi connectivity index (χ1v) is 9.41. The number of nitrogens with zero attached hydrogens (tertiary/aromatic N) is 2. The van der Waals surface area contributed by atoms with E-state index in [4.69, 9.17) is 21.8 Å². The Morgan fingerprint density at radius 3 is 2.60 bits per heavy atom. The molecule has 9 heteroatoms. The molecule has 0 aliphatic carbocycles. The molecule has 0 spiro atoms. The molecule has 2 heterocycles. The number of anilines is 1. The standard InChI is InChI=1S/C21H17ClN4O4/c22-15-6-4-14(5-7-15)17-8-9-18(30-17)20(28)24-26-12-19(27)25(21(26)29)11-13-2-1-3-16(23)10-13/h1-10H,11-12,23H2,(H,24,28). The summed E-state index contributed by atoms with van der Waals surface area (Å²) in [6.07, 6.45) is 0. The predicted octanol–water partition coefficient (Wildman–Crippen LogP) is 3.29. The van der Waals surface area contributed by atoms with E-state index in [0.717, 1.165) is 15.5 Å². The predicted molar refractivity (Wildman–Crippen MR) is 110 cm³/mol. The van der Waals surface area contributed by atoms with Gasteiger partial charge in [0, 0.05) is 16.3 Å². The fourth-order valence-electron chi connectivity index (χ4n) is 3.06. The first-order valence-electron chi connectivity index (χ1n) is 9.04. The number of hydrazine groups is 1. The number of hydrogen-bond acceptors (Lipinski definition) is 5. The quantitative estimate of drug-likeness (QED) is 0.482. The van der Waals surface area contributed by atoms with Gasteiger partial charge in [-0.05, 0) is 54.1 Å². The molecule has 2 aromatic carbocycles. The average Bonchev–Trinajstić information content (AvgIpc) is 3.30. The molecular formula is C21H17ClN4O4. The number of nitrogens with one attached hydrogen (secondary N) is 1. The molecule has 4 rings (SSSR count). The van der Waals surface area contributed by atoms with Gasteiger partial charge in [0.05, 0.1) is 6.54 Å². The van der Waals surface area contributed by atoms with Gasteiger partial charge in [0.25, 0.3) is 5.91 Å². The summed E-state index contributed by atoms with van der Waals surface area (Å²) in [5, 5.41) is 1.55. The van der Waals surface area contributed by atoms with E-state index in [9.17, 15) is 14.4 Å². The average molecular weight is 425 g/mol. The number of amides is 4. The Morgan fingerprint density at radius 2 is 1.87 bits per heavy atom. The molecule has 1 aliphatic rings. The maximum Gasteiger partial charge on any atom is 0.346 e. The van der Waals surface area contributed by atoms with Crippen molar-refractivity contribution in [1.82, 2.24) is 15.3 Å². The fourth-order valence-corrected chi connectivity index (χ4v) is 3.19. The molecule has 0 atom stereocenters. The first-order chi connectivity index (χ1) is 14.4. The molecule has 3 N–H and O–H groups in total. The Hall–Kier alpha value is -3.78. The van der Waals surface area contributed by atoms with Crippen molar-refractivity contribution in [2.24, 2.45) is 0 Å². The van der Waals surface area contributed by atoms with Crippen LogP contribution in [0, 0.1) is 0 Å². The van der Waals surface area contributed by atoms with Crippen molar-refractivity contribution in [2.75, 3.05) is 12.3 Å². The summed E-state index contributed by atoms with van der Waals surface area (Å²) in [4.78, 5) is 38.4. The number of urea groups is 1. The molecule has 1 aliphatic heterocycles. The van der Waals surface area contributed by atoms with Gasteiger partial charge in [0.2, 0.25) is 0 Å². The summed E-state index contributed by atoms with van der Waals surface area (Å²) in [5.41, 5.74) is 10.2. The van der Waals surface area contributed by atoms with Gasteiger partial charge >= 0.3 is 11.9 Å². The van der Waals surface area contributed by atoms with E-state index in [1.807, 2.05) is 0 Å². The lowest BCUT2D eigenvalue weighted by Gasteiger charge is -2.17. The number of furan rings is 1. The molecule has 0 bridgehead atoms. The smallest absolute Gasteiger partial charge is 0.346 e. The van der Waals surface area contributed by atoms with E-state index in [-0.39, 0.29) is 18.8 Å². The van der Waals surface area contributed by atoms with Gasteiger partial charge in [-0.1, -0.05) is 23.7 Å². The van der Waals surface area contributed by atoms with Crippen molar-refractivity contribution in [1.29, 1.82) is 0 Å². The van der Waals surface area contributed by atoms with Crippen LogP contribution >= 0.6 is 11.6 Å². The molecule has 30 heavy (non-hydrogen) atoms. The zero-order valence-corrected chi connectivity index (χ0v) is 16.4. The van der Waals surface area contributed by atoms with E-state index in [1.165, 1.54) is 6.07 Å². The van der Waals surface area contributed by atoms with Crippen molar-refractivity contribution in [3.8, 4) is 11.3 Å². The maximum atomic E-state index is 12.6. The van der Waals surface area contributed by atoms with Crippen molar-refractivity contribution in [2.45, 2.75) is 6.54 Å². The van der Waals surface area contributed by atoms with Gasteiger partial charge in [0.15, 0.2) is 5.76 Å². The normalized spacial score (nSPS) is 13.8. The minimum absolute atomic E-state index is 0.00878. The lowest BCUT2D eigenvalue weighted by molar-refractivity contribution is -0.125. The Kier molecular flexibility index (Phi) is 5.16. The number of rotatable bonds is 5. The molecule has 0 radical (unpaired) electrons. The largest absolute Gasteiger partial charge is 0.451 e. The maximum absolute atomic E-state index is 12.6. The monoisotopic (exact) mass is 424 g/mol. The van der Waals surface area contributed by atoms with Crippen LogP contribution in [0.15, 0.2) is 65.1 Å². The third-order valence-electron chi connectivity index (χ3n) is 4.54. The number of halogens is 1. The van der Waals surface area contributed by atoms with Crippen LogP contribution in [0.1, 0.15) is 16.1 Å². The molecule has 3 aromatic rings. The van der Waals surface area contributed by atoms with Crippen LogP contribution in [0.2, 0.25) is 5.02 Å². The number of benzene rings is 2. The summed E-state index contributed by atoms with van der Waals surface area (Å²) in [6.45, 7) is -0.200. The number of carbonyl (C=O) groups is 3. The van der Waals surface area contributed by atoms with Gasteiger partial charge in [-0.2, -0.15) is 0 Å². The first kappa shape index (κ1) is 19.5. The molecule has 1 saturated heterocycles. The number of nitrogens with two attached hydrogens (primary N) is 1. The highest BCUT2D eigenvalue weighted by Gasteiger charge is 2.37. The van der Waals surface area contributed by atoms with Crippen molar-refractivity contribution >= 4 is 35.1 Å². The SMILES string of the molecule is Nc1cccc(CN2C(=O)CN(NC(=O)c3ccc(-c4ccc(Cl)cc4)o3)C2=O)c1. The van der Waals surface area contributed by atoms with Gasteiger partial charge in [0.1, 0.15) is 12.3 Å². The van der Waals surface area contributed by atoms with E-state index in [0.29, 0.717) is 22.0 Å². The lowest BCUT2D eigenvalue weighted by Crippen LogP contribution is -2.44. The minimum atomic E-state index is -0.637. The van der Waals surface area contributed by atoms with Crippen molar-refractivity contribution in [3.63, 3.8) is 0 Å². The van der Waals surface area contributed by atoms with Crippen LogP contribution in [0.4, 0.5) is 10.5 Å². The van der Waals surface area contributed by atoms with E-state index < -0.39 is 17.8 Å². The highest BCUT2D eigenvalue weighted by atomic mass is 35.5. The summed E-state index contributed by atoms with van der Waals surface area (Å²) in [5.74, 6) is -0.579. The molecule has 0 saturated carbocycles. The van der Waals surface area contributed by atoms with Crippen LogP contribution in [0.5, 0.6) is 0 Å². The van der Waals surface area contributed by atoms with Gasteiger partial charge < -0.3 is 10.2 Å². The van der Waals surface area contributed by atoms with Crippen LogP contribution in [-0.4, -0.2) is 34.3 Å². The van der Waals surface area contributed by atoms with Crippen molar-refractivity contribution < 1.29 is 18.8 Å². The molecule has 4 amide bonds. The Bertz CT molecular complexity index is 1130. The van der Waals surface area contributed by atoms with Crippen LogP contribution in [0.25, 0.3) is 11.3 Å². The Labute approximate surface area is 176 Å². The third-order valence-corrected chi connectivity index (χ3v) is 4.79. The zero-order chi connectivity index (χ0) is 21.3. The highest BCUT2D eigenvalue weighted by Crippen LogP contribution is 2.24. The summed E-state index contributed by atoms with van der Waals surface area (Å²) >= 11 is 5.88. The van der Waals surface area contributed by atoms with Crippen LogP contribution in [0.3, 0.4) is 0 Å². The second kappa shape index (κ2) is 7.92. The van der Waals surface area contributed by atoms with E-state index >= 15 is 0 Å². The highest BCUT2D eigenvalue weighted by molar-refractivity contribution is 6.30. The van der Waals surface area contributed by atoms with E-state index in [1.54, 1.807) is 54.6 Å². The second-order valence-electron chi connectivity index (χ2n) is 6.71. The zero-order valence-electron chi connectivity index (χ0n) is 15.7. The Morgan fingerprint density at radius 1 is 1.10 bits per heavy atom. The molecule has 152 valence electrons. The summed E-state index contributed by atoms with van der Waals surface area (Å²) in [7, 11) is 0. The van der Waals surface area contributed by atoms with Crippen molar-refractivity contribution in [3.05, 3.63) is 77.0 Å². The molecule has 1 aromatic heterocycles. The fraction of sp³-hybridized carbons (Fsp3) is 0.0952. The molecule has 8 nitrogen and oxygen atoms in total. The minimum Gasteiger partial charge on any atom is -0.451 e. The summed E-state index contributed by atoms with van der Waals surface area (Å²) in [6, 6.07) is 16.4. The van der Waals surface area contributed by atoms with E-state index in [2.05, 4.69) is 5.43 Å². The molecular weight excluding hydrogens is 408 g/mol. The summed E-state index contributed by atoms with van der Waals surface area (Å²) < 4.78 is 5.57. The number of carbonyl (C=O) groups excluding carboxylic acids is 3. The third kappa shape index (κ3) is 3.99. The van der Waals surface area contributed by atoms with Gasteiger partial charge in [-0.15, -0.1) is 0 Å². The number of imide groups is 1. The van der Waals surface area contributed by atoms with Crippen LogP contribution in [-0.2, 0) is 11.3 Å². The Balaban J connectivity index is 1.43.